The maximum absolute atomic E-state index is 4.37. The van der Waals surface area contributed by atoms with Crippen LogP contribution in [0.1, 0.15) is 44.9 Å². The van der Waals surface area contributed by atoms with E-state index in [2.05, 4.69) is 56.1 Å². The van der Waals surface area contributed by atoms with E-state index in [9.17, 15) is 0 Å². The third-order valence-corrected chi connectivity index (χ3v) is 3.14. The van der Waals surface area contributed by atoms with E-state index in [0.29, 0.717) is 5.41 Å². The van der Waals surface area contributed by atoms with Crippen LogP contribution in [0.4, 0.5) is 0 Å². The van der Waals surface area contributed by atoms with Crippen LogP contribution in [0.15, 0.2) is 18.2 Å². The number of benzene rings is 1. The number of nitrogens with one attached hydrogen (secondary N) is 1. The van der Waals surface area contributed by atoms with Crippen molar-refractivity contribution in [2.75, 3.05) is 0 Å². The largest absolute Gasteiger partial charge is 0.281 e. The van der Waals surface area contributed by atoms with E-state index in [4.69, 9.17) is 0 Å². The number of aromatic amines is 1. The molecule has 0 radical (unpaired) electrons. The van der Waals surface area contributed by atoms with E-state index >= 15 is 0 Å². The van der Waals surface area contributed by atoms with Crippen LogP contribution < -0.4 is 0 Å². The van der Waals surface area contributed by atoms with Gasteiger partial charge in [-0.1, -0.05) is 32.9 Å². The quantitative estimate of drug-likeness (QED) is 0.839. The highest BCUT2D eigenvalue weighted by atomic mass is 15.1. The summed E-state index contributed by atoms with van der Waals surface area (Å²) in [5.41, 5.74) is 4.07. The Kier molecular flexibility index (Phi) is 3.23. The molecular formula is C15H22N2. The zero-order valence-electron chi connectivity index (χ0n) is 11.3. The fourth-order valence-corrected chi connectivity index (χ4v) is 2.16. The molecule has 0 saturated heterocycles. The van der Waals surface area contributed by atoms with E-state index in [-0.39, 0.29) is 0 Å². The molecule has 0 fully saturated rings. The number of fused-ring (bicyclic) bond motifs is 1. The number of nitrogens with zero attached hydrogens (tertiary/aromatic N) is 1. The lowest BCUT2D eigenvalue weighted by molar-refractivity contribution is 0.365. The SMILES string of the molecule is Cc1ccc2c(CCCC(C)(C)C)[nH]nc2c1. The lowest BCUT2D eigenvalue weighted by Gasteiger charge is -2.17. The van der Waals surface area contributed by atoms with Crippen molar-refractivity contribution in [3.8, 4) is 0 Å². The monoisotopic (exact) mass is 230 g/mol. The Morgan fingerprint density at radius 3 is 2.71 bits per heavy atom. The summed E-state index contributed by atoms with van der Waals surface area (Å²) in [6.07, 6.45) is 3.56. The number of hydrogen-bond donors (Lipinski definition) is 1. The van der Waals surface area contributed by atoms with Gasteiger partial charge in [0, 0.05) is 11.1 Å². The Labute approximate surface area is 103 Å². The molecule has 2 nitrogen and oxygen atoms in total. The van der Waals surface area contributed by atoms with Crippen LogP contribution in [-0.4, -0.2) is 10.2 Å². The standard InChI is InChI=1S/C15H22N2/c1-11-7-8-12-13(16-17-14(12)10-11)6-5-9-15(2,3)4/h7-8,10H,5-6,9H2,1-4H3,(H,16,17). The van der Waals surface area contributed by atoms with Crippen LogP contribution in [0.25, 0.3) is 10.9 Å². The first kappa shape index (κ1) is 12.2. The number of H-pyrrole nitrogens is 1. The first-order chi connectivity index (χ1) is 7.96. The molecule has 0 saturated carbocycles. The highest BCUT2D eigenvalue weighted by molar-refractivity contribution is 5.81. The number of rotatable bonds is 3. The van der Waals surface area contributed by atoms with Crippen molar-refractivity contribution < 1.29 is 0 Å². The van der Waals surface area contributed by atoms with E-state index in [0.717, 1.165) is 11.9 Å². The zero-order valence-corrected chi connectivity index (χ0v) is 11.3. The van der Waals surface area contributed by atoms with Crippen molar-refractivity contribution in [2.45, 2.75) is 47.0 Å². The molecule has 0 aliphatic heterocycles. The van der Waals surface area contributed by atoms with Gasteiger partial charge >= 0.3 is 0 Å². The van der Waals surface area contributed by atoms with Crippen molar-refractivity contribution in [3.05, 3.63) is 29.5 Å². The van der Waals surface area contributed by atoms with E-state index in [1.807, 2.05) is 0 Å². The summed E-state index contributed by atoms with van der Waals surface area (Å²) in [5.74, 6) is 0. The normalized spacial score (nSPS) is 12.2. The van der Waals surface area contributed by atoms with Gasteiger partial charge in [-0.25, -0.2) is 0 Å². The van der Waals surface area contributed by atoms with Gasteiger partial charge in [0.25, 0.3) is 0 Å². The molecule has 1 aromatic heterocycles. The first-order valence-electron chi connectivity index (χ1n) is 6.39. The van der Waals surface area contributed by atoms with Crippen molar-refractivity contribution in [3.63, 3.8) is 0 Å². The Balaban J connectivity index is 2.09. The molecular weight excluding hydrogens is 208 g/mol. The fourth-order valence-electron chi connectivity index (χ4n) is 2.16. The zero-order chi connectivity index (χ0) is 12.5. The van der Waals surface area contributed by atoms with Gasteiger partial charge in [-0.05, 0) is 43.2 Å². The van der Waals surface area contributed by atoms with E-state index in [1.165, 1.54) is 29.5 Å². The van der Waals surface area contributed by atoms with Gasteiger partial charge in [-0.3, -0.25) is 5.10 Å². The lowest BCUT2D eigenvalue weighted by atomic mass is 9.89. The maximum atomic E-state index is 4.37. The van der Waals surface area contributed by atoms with E-state index in [1.54, 1.807) is 0 Å². The van der Waals surface area contributed by atoms with Crippen LogP contribution in [-0.2, 0) is 6.42 Å². The fraction of sp³-hybridized carbons (Fsp3) is 0.533. The second-order valence-electron chi connectivity index (χ2n) is 6.14. The minimum Gasteiger partial charge on any atom is -0.281 e. The van der Waals surface area contributed by atoms with Crippen LogP contribution in [0, 0.1) is 12.3 Å². The highest BCUT2D eigenvalue weighted by Gasteiger charge is 2.11. The number of aryl methyl sites for hydroxylation is 2. The van der Waals surface area contributed by atoms with Gasteiger partial charge < -0.3 is 0 Å². The molecule has 0 aliphatic rings. The second-order valence-corrected chi connectivity index (χ2v) is 6.14. The Morgan fingerprint density at radius 1 is 1.24 bits per heavy atom. The van der Waals surface area contributed by atoms with Crippen molar-refractivity contribution in [2.24, 2.45) is 5.41 Å². The molecule has 0 unspecified atom stereocenters. The topological polar surface area (TPSA) is 28.7 Å². The van der Waals surface area contributed by atoms with E-state index < -0.39 is 0 Å². The molecule has 0 spiro atoms. The predicted molar refractivity (Wildman–Crippen MR) is 73.2 cm³/mol. The summed E-state index contributed by atoms with van der Waals surface area (Å²) in [5, 5.41) is 8.83. The number of hydrogen-bond acceptors (Lipinski definition) is 1. The van der Waals surface area contributed by atoms with Gasteiger partial charge in [0.15, 0.2) is 0 Å². The van der Waals surface area contributed by atoms with Crippen molar-refractivity contribution in [1.82, 2.24) is 10.2 Å². The molecule has 1 aromatic carbocycles. The summed E-state index contributed by atoms with van der Waals surface area (Å²) in [7, 11) is 0. The molecule has 0 bridgehead atoms. The van der Waals surface area contributed by atoms with Gasteiger partial charge in [0.1, 0.15) is 0 Å². The Bertz CT molecular complexity index is 503. The summed E-state index contributed by atoms with van der Waals surface area (Å²) in [6, 6.07) is 6.48. The average Bonchev–Trinajstić information content (AvgIpc) is 2.59. The molecule has 2 heteroatoms. The molecule has 92 valence electrons. The predicted octanol–water partition coefficient (Wildman–Crippen LogP) is 4.24. The molecule has 0 aliphatic carbocycles. The summed E-state index contributed by atoms with van der Waals surface area (Å²) in [4.78, 5) is 0. The van der Waals surface area contributed by atoms with Crippen LogP contribution in [0.3, 0.4) is 0 Å². The van der Waals surface area contributed by atoms with Crippen molar-refractivity contribution in [1.29, 1.82) is 0 Å². The van der Waals surface area contributed by atoms with Crippen molar-refractivity contribution >= 4 is 10.9 Å². The third kappa shape index (κ3) is 3.09. The molecule has 0 amide bonds. The van der Waals surface area contributed by atoms with Gasteiger partial charge in [0.05, 0.1) is 5.52 Å². The minimum atomic E-state index is 0.423. The van der Waals surface area contributed by atoms with Crippen LogP contribution in [0.2, 0.25) is 0 Å². The highest BCUT2D eigenvalue weighted by Crippen LogP contribution is 2.24. The molecule has 2 aromatic rings. The molecule has 2 rings (SSSR count). The van der Waals surface area contributed by atoms with Gasteiger partial charge in [-0.15, -0.1) is 0 Å². The smallest absolute Gasteiger partial charge is 0.0926 e. The second kappa shape index (κ2) is 4.52. The summed E-state index contributed by atoms with van der Waals surface area (Å²) in [6.45, 7) is 8.98. The maximum Gasteiger partial charge on any atom is 0.0926 e. The third-order valence-electron chi connectivity index (χ3n) is 3.14. The minimum absolute atomic E-state index is 0.423. The molecule has 17 heavy (non-hydrogen) atoms. The van der Waals surface area contributed by atoms with Gasteiger partial charge in [0.2, 0.25) is 0 Å². The van der Waals surface area contributed by atoms with Crippen LogP contribution in [0.5, 0.6) is 0 Å². The Hall–Kier alpha value is -1.31. The van der Waals surface area contributed by atoms with Crippen LogP contribution >= 0.6 is 0 Å². The molecule has 1 N–H and O–H groups in total. The summed E-state index contributed by atoms with van der Waals surface area (Å²) < 4.78 is 0. The number of aromatic nitrogens is 2. The van der Waals surface area contributed by atoms with Gasteiger partial charge in [-0.2, -0.15) is 5.10 Å². The lowest BCUT2D eigenvalue weighted by Crippen LogP contribution is -2.05. The summed E-state index contributed by atoms with van der Waals surface area (Å²) >= 11 is 0. The average molecular weight is 230 g/mol. The molecule has 0 atom stereocenters. The Morgan fingerprint density at radius 2 is 2.00 bits per heavy atom. The first-order valence-corrected chi connectivity index (χ1v) is 6.39. The molecule has 1 heterocycles.